The Balaban J connectivity index is 2.20. The highest BCUT2D eigenvalue weighted by molar-refractivity contribution is 7.93. The molecule has 184 valence electrons. The maximum absolute atomic E-state index is 14.1. The van der Waals surface area contributed by atoms with Crippen LogP contribution in [0.3, 0.4) is 0 Å². The summed E-state index contributed by atoms with van der Waals surface area (Å²) in [4.78, 5) is 13.3. The molecule has 0 fully saturated rings. The second-order valence-electron chi connectivity index (χ2n) is 9.09. The molecule has 0 aliphatic rings. The van der Waals surface area contributed by atoms with Gasteiger partial charge in [0.1, 0.15) is 5.60 Å². The van der Waals surface area contributed by atoms with Crippen molar-refractivity contribution in [3.63, 3.8) is 0 Å². The zero-order chi connectivity index (χ0) is 25.9. The standard InChI is InChI=1S/C25H27ClN4O4S/c1-5-25(14-7-15-27,18-10-12-19(26)13-11-18)17-35(32,33)30(23(31)34-24(2,3)4)22-9-6-8-21-20(22)16-28-29-21/h6-14,16H,5,17H2,1-4H3,(H,28,29)/b14-7+. The Kier molecular flexibility index (Phi) is 7.58. The number of aromatic nitrogens is 2. The molecular weight excluding hydrogens is 488 g/mol. The van der Waals surface area contributed by atoms with Gasteiger partial charge in [0.25, 0.3) is 0 Å². The van der Waals surface area contributed by atoms with Gasteiger partial charge in [0.2, 0.25) is 10.0 Å². The molecule has 1 N–H and O–H groups in total. The van der Waals surface area contributed by atoms with E-state index in [1.807, 2.05) is 13.0 Å². The number of carbonyl (C=O) groups is 1. The number of nitriles is 1. The van der Waals surface area contributed by atoms with Gasteiger partial charge in [0.15, 0.2) is 0 Å². The fourth-order valence-corrected chi connectivity index (χ4v) is 5.91. The molecule has 3 rings (SSSR count). The molecule has 8 nitrogen and oxygen atoms in total. The van der Waals surface area contributed by atoms with E-state index in [4.69, 9.17) is 16.3 Å². The summed E-state index contributed by atoms with van der Waals surface area (Å²) >= 11 is 6.05. The zero-order valence-electron chi connectivity index (χ0n) is 19.9. The third kappa shape index (κ3) is 5.84. The van der Waals surface area contributed by atoms with Gasteiger partial charge in [-0.25, -0.2) is 13.2 Å². The maximum Gasteiger partial charge on any atom is 0.428 e. The van der Waals surface area contributed by atoms with Crippen molar-refractivity contribution in [3.05, 3.63) is 71.4 Å². The first kappa shape index (κ1) is 26.3. The molecule has 0 spiro atoms. The number of H-pyrrole nitrogens is 1. The molecular formula is C25H27ClN4O4S. The molecule has 0 saturated carbocycles. The summed E-state index contributed by atoms with van der Waals surface area (Å²) in [5.74, 6) is -0.496. The molecule has 10 heteroatoms. The molecule has 3 aromatic rings. The topological polar surface area (TPSA) is 116 Å². The fourth-order valence-electron chi connectivity index (χ4n) is 3.82. The average molecular weight is 515 g/mol. The van der Waals surface area contributed by atoms with E-state index >= 15 is 0 Å². The number of benzene rings is 2. The Morgan fingerprint density at radius 2 is 1.91 bits per heavy atom. The summed E-state index contributed by atoms with van der Waals surface area (Å²) in [6, 6.07) is 13.6. The maximum atomic E-state index is 14.1. The van der Waals surface area contributed by atoms with Crippen LogP contribution in [0.15, 0.2) is 60.8 Å². The monoisotopic (exact) mass is 514 g/mol. The molecule has 1 amide bonds. The molecule has 0 aliphatic heterocycles. The molecule has 1 aromatic heterocycles. The lowest BCUT2D eigenvalue weighted by Crippen LogP contribution is -2.46. The van der Waals surface area contributed by atoms with Gasteiger partial charge < -0.3 is 4.74 Å². The largest absolute Gasteiger partial charge is 0.443 e. The lowest BCUT2D eigenvalue weighted by Gasteiger charge is -2.33. The van der Waals surface area contributed by atoms with Crippen molar-refractivity contribution >= 4 is 44.3 Å². The van der Waals surface area contributed by atoms with Gasteiger partial charge in [-0.05, 0) is 57.0 Å². The van der Waals surface area contributed by atoms with Crippen LogP contribution in [0.25, 0.3) is 10.9 Å². The Labute approximate surface area is 210 Å². The molecule has 1 heterocycles. The number of amides is 1. The average Bonchev–Trinajstić information content (AvgIpc) is 3.25. The van der Waals surface area contributed by atoms with Gasteiger partial charge in [0, 0.05) is 21.9 Å². The predicted octanol–water partition coefficient (Wildman–Crippen LogP) is 5.72. The first-order valence-corrected chi connectivity index (χ1v) is 12.9. The molecule has 1 atom stereocenters. The minimum Gasteiger partial charge on any atom is -0.443 e. The van der Waals surface area contributed by atoms with Crippen LogP contribution >= 0.6 is 11.6 Å². The first-order chi connectivity index (χ1) is 16.4. The summed E-state index contributed by atoms with van der Waals surface area (Å²) in [7, 11) is -4.35. The van der Waals surface area contributed by atoms with E-state index in [0.29, 0.717) is 32.2 Å². The molecule has 0 radical (unpaired) electrons. The van der Waals surface area contributed by atoms with Crippen LogP contribution in [-0.4, -0.2) is 36.1 Å². The summed E-state index contributed by atoms with van der Waals surface area (Å²) < 4.78 is 34.3. The van der Waals surface area contributed by atoms with Crippen molar-refractivity contribution in [1.82, 2.24) is 10.2 Å². The van der Waals surface area contributed by atoms with Crippen LogP contribution in [0.5, 0.6) is 0 Å². The number of anilines is 1. The molecule has 0 bridgehead atoms. The second kappa shape index (κ2) is 10.1. The summed E-state index contributed by atoms with van der Waals surface area (Å²) in [6.45, 7) is 6.80. The number of carbonyl (C=O) groups excluding carboxylic acids is 1. The van der Waals surface area contributed by atoms with Crippen LogP contribution < -0.4 is 4.31 Å². The molecule has 2 aromatic carbocycles. The number of rotatable bonds is 7. The molecule has 1 unspecified atom stereocenters. The van der Waals surface area contributed by atoms with E-state index in [9.17, 15) is 18.5 Å². The molecule has 0 saturated heterocycles. The van der Waals surface area contributed by atoms with Gasteiger partial charge >= 0.3 is 6.09 Å². The van der Waals surface area contributed by atoms with E-state index in [1.54, 1.807) is 63.2 Å². The fraction of sp³-hybridized carbons (Fsp3) is 0.320. The summed E-state index contributed by atoms with van der Waals surface area (Å²) in [6.07, 6.45) is 3.57. The van der Waals surface area contributed by atoms with E-state index in [2.05, 4.69) is 10.2 Å². The number of allylic oxidation sites excluding steroid dienone is 2. The van der Waals surface area contributed by atoms with E-state index in [0.717, 1.165) is 0 Å². The highest BCUT2D eigenvalue weighted by Gasteiger charge is 2.41. The van der Waals surface area contributed by atoms with Crippen LogP contribution in [0.4, 0.5) is 10.5 Å². The predicted molar refractivity (Wildman–Crippen MR) is 137 cm³/mol. The first-order valence-electron chi connectivity index (χ1n) is 10.9. The molecule has 0 aliphatic carbocycles. The van der Waals surface area contributed by atoms with Crippen molar-refractivity contribution in [3.8, 4) is 6.07 Å². The van der Waals surface area contributed by atoms with Crippen LogP contribution in [0.1, 0.15) is 39.7 Å². The summed E-state index contributed by atoms with van der Waals surface area (Å²) in [5, 5.41) is 16.9. The lowest BCUT2D eigenvalue weighted by molar-refractivity contribution is 0.0609. The van der Waals surface area contributed by atoms with Gasteiger partial charge in [-0.3, -0.25) is 5.10 Å². The highest BCUT2D eigenvalue weighted by atomic mass is 35.5. The van der Waals surface area contributed by atoms with E-state index in [1.165, 1.54) is 18.3 Å². The van der Waals surface area contributed by atoms with Crippen molar-refractivity contribution in [2.75, 3.05) is 10.1 Å². The number of fused-ring (bicyclic) bond motifs is 1. The number of aromatic amines is 1. The Morgan fingerprint density at radius 3 is 2.51 bits per heavy atom. The normalized spacial score (nSPS) is 13.9. The molecule has 35 heavy (non-hydrogen) atoms. The smallest absolute Gasteiger partial charge is 0.428 e. The van der Waals surface area contributed by atoms with Crippen LogP contribution in [0, 0.1) is 11.3 Å². The number of ether oxygens (including phenoxy) is 1. The van der Waals surface area contributed by atoms with Gasteiger partial charge in [-0.15, -0.1) is 0 Å². The Morgan fingerprint density at radius 1 is 1.23 bits per heavy atom. The quantitative estimate of drug-likeness (QED) is 0.403. The minimum absolute atomic E-state index is 0.121. The lowest BCUT2D eigenvalue weighted by atomic mass is 9.79. The SMILES string of the molecule is CCC(/C=C/C#N)(CS(=O)(=O)N(C(=O)OC(C)(C)C)c1cccc2[nH]ncc12)c1ccc(Cl)cc1. The summed E-state index contributed by atoms with van der Waals surface area (Å²) in [5.41, 5.74) is -0.714. The van der Waals surface area contributed by atoms with Crippen molar-refractivity contribution in [2.24, 2.45) is 0 Å². The van der Waals surface area contributed by atoms with E-state index in [-0.39, 0.29) is 5.69 Å². The second-order valence-corrected chi connectivity index (χ2v) is 11.3. The van der Waals surface area contributed by atoms with Crippen LogP contribution in [0.2, 0.25) is 5.02 Å². The van der Waals surface area contributed by atoms with Gasteiger partial charge in [-0.2, -0.15) is 14.7 Å². The number of nitrogens with one attached hydrogen (secondary N) is 1. The van der Waals surface area contributed by atoms with Crippen LogP contribution in [-0.2, 0) is 20.2 Å². The minimum atomic E-state index is -4.35. The number of hydrogen-bond acceptors (Lipinski definition) is 6. The number of hydrogen-bond donors (Lipinski definition) is 1. The number of sulfonamides is 1. The van der Waals surface area contributed by atoms with Crippen molar-refractivity contribution in [2.45, 2.75) is 45.1 Å². The van der Waals surface area contributed by atoms with Gasteiger partial charge in [-0.1, -0.05) is 42.8 Å². The number of halogens is 1. The zero-order valence-corrected chi connectivity index (χ0v) is 21.5. The third-order valence-electron chi connectivity index (χ3n) is 5.48. The third-order valence-corrected chi connectivity index (χ3v) is 7.52. The van der Waals surface area contributed by atoms with Crippen molar-refractivity contribution < 1.29 is 17.9 Å². The highest BCUT2D eigenvalue weighted by Crippen LogP contribution is 2.36. The van der Waals surface area contributed by atoms with Gasteiger partial charge in [0.05, 0.1) is 29.2 Å². The number of nitrogens with zero attached hydrogens (tertiary/aromatic N) is 3. The van der Waals surface area contributed by atoms with Crippen molar-refractivity contribution in [1.29, 1.82) is 5.26 Å². The Bertz CT molecular complexity index is 1390. The Hall–Kier alpha value is -3.35. The van der Waals surface area contributed by atoms with E-state index < -0.39 is 32.9 Å².